The molecule has 1 heterocycles. The Kier molecular flexibility index (Phi) is 5.83. The van der Waals surface area contributed by atoms with E-state index < -0.39 is 27.7 Å². The summed E-state index contributed by atoms with van der Waals surface area (Å²) >= 11 is 0. The lowest BCUT2D eigenvalue weighted by atomic mass is 10.1. The first-order valence-electron chi connectivity index (χ1n) is 8.60. The molecule has 3 aromatic rings. The number of aromatic nitrogens is 2. The van der Waals surface area contributed by atoms with E-state index in [1.54, 1.807) is 7.05 Å². The Bertz CT molecular complexity index is 1140. The first-order valence-corrected chi connectivity index (χ1v) is 10.1. The molecule has 0 aliphatic carbocycles. The Labute approximate surface area is 170 Å². The summed E-state index contributed by atoms with van der Waals surface area (Å²) in [6.07, 6.45) is -1.56. The molecule has 30 heavy (non-hydrogen) atoms. The second-order valence-electron chi connectivity index (χ2n) is 6.41. The third-order valence-corrected chi connectivity index (χ3v) is 5.52. The molecule has 0 aliphatic rings. The van der Waals surface area contributed by atoms with Crippen LogP contribution in [0.15, 0.2) is 65.8 Å². The number of aryl methyl sites for hydroxylation is 1. The van der Waals surface area contributed by atoms with Crippen molar-refractivity contribution in [2.45, 2.75) is 17.6 Å². The maximum atomic E-state index is 12.6. The summed E-state index contributed by atoms with van der Waals surface area (Å²) < 4.78 is 66.3. The molecule has 0 aliphatic heterocycles. The van der Waals surface area contributed by atoms with Crippen LogP contribution in [0, 0.1) is 0 Å². The average Bonchev–Trinajstić information content (AvgIpc) is 3.09. The number of hydrogen-bond acceptors (Lipinski definition) is 4. The van der Waals surface area contributed by atoms with Crippen molar-refractivity contribution < 1.29 is 26.4 Å². The first kappa shape index (κ1) is 21.4. The second kappa shape index (κ2) is 8.19. The fraction of sp³-hybridized carbons (Fsp3) is 0.158. The van der Waals surface area contributed by atoms with Crippen LogP contribution in [0.1, 0.15) is 21.5 Å². The van der Waals surface area contributed by atoms with Gasteiger partial charge in [-0.25, -0.2) is 8.42 Å². The van der Waals surface area contributed by atoms with Gasteiger partial charge in [-0.2, -0.15) is 18.3 Å². The van der Waals surface area contributed by atoms with Crippen molar-refractivity contribution >= 4 is 21.6 Å². The number of benzene rings is 2. The number of sulfonamides is 1. The smallest absolute Gasteiger partial charge is 0.348 e. The summed E-state index contributed by atoms with van der Waals surface area (Å²) in [6.45, 7) is 0.0274. The maximum Gasteiger partial charge on any atom is 0.416 e. The number of nitrogens with zero attached hydrogens (tertiary/aromatic N) is 2. The zero-order valence-corrected chi connectivity index (χ0v) is 16.5. The van der Waals surface area contributed by atoms with Crippen molar-refractivity contribution in [3.63, 3.8) is 0 Å². The Balaban J connectivity index is 1.62. The Morgan fingerprint density at radius 3 is 2.23 bits per heavy atom. The van der Waals surface area contributed by atoms with E-state index in [0.717, 1.165) is 12.1 Å². The highest BCUT2D eigenvalue weighted by Gasteiger charge is 2.29. The van der Waals surface area contributed by atoms with Crippen LogP contribution in [0.4, 0.5) is 18.9 Å². The number of carbonyl (C=O) groups is 1. The van der Waals surface area contributed by atoms with Gasteiger partial charge in [-0.3, -0.25) is 14.2 Å². The van der Waals surface area contributed by atoms with Gasteiger partial charge in [-0.05, 0) is 42.0 Å². The lowest BCUT2D eigenvalue weighted by molar-refractivity contribution is -0.137. The summed E-state index contributed by atoms with van der Waals surface area (Å²) in [5, 5.41) is 6.45. The number of carbonyl (C=O) groups excluding carboxylic acids is 1. The fourth-order valence-corrected chi connectivity index (χ4v) is 3.60. The van der Waals surface area contributed by atoms with Crippen LogP contribution in [0.3, 0.4) is 0 Å². The van der Waals surface area contributed by atoms with Gasteiger partial charge in [0.15, 0.2) is 0 Å². The molecule has 1 aromatic heterocycles. The highest BCUT2D eigenvalue weighted by atomic mass is 32.2. The third kappa shape index (κ3) is 5.17. The molecule has 3 rings (SSSR count). The molecule has 0 atom stereocenters. The van der Waals surface area contributed by atoms with Gasteiger partial charge in [0, 0.05) is 25.4 Å². The van der Waals surface area contributed by atoms with Gasteiger partial charge in [0.25, 0.3) is 15.9 Å². The van der Waals surface area contributed by atoms with E-state index in [0.29, 0.717) is 11.3 Å². The van der Waals surface area contributed by atoms with Crippen molar-refractivity contribution in [1.29, 1.82) is 0 Å². The number of anilines is 1. The van der Waals surface area contributed by atoms with E-state index in [4.69, 9.17) is 0 Å². The van der Waals surface area contributed by atoms with Crippen LogP contribution in [-0.4, -0.2) is 24.1 Å². The molecule has 158 valence electrons. The first-order chi connectivity index (χ1) is 14.0. The van der Waals surface area contributed by atoms with Crippen LogP contribution in [0.2, 0.25) is 0 Å². The quantitative estimate of drug-likeness (QED) is 0.618. The number of halogens is 3. The van der Waals surface area contributed by atoms with E-state index >= 15 is 0 Å². The molecular formula is C19H17F3N4O3S. The van der Waals surface area contributed by atoms with Crippen LogP contribution in [0.5, 0.6) is 0 Å². The number of alkyl halides is 3. The average molecular weight is 438 g/mol. The van der Waals surface area contributed by atoms with E-state index in [9.17, 15) is 26.4 Å². The molecule has 0 unspecified atom stereocenters. The Morgan fingerprint density at radius 1 is 1.07 bits per heavy atom. The molecule has 7 nitrogen and oxygen atoms in total. The summed E-state index contributed by atoms with van der Waals surface area (Å²) in [7, 11) is -2.19. The minimum atomic E-state index is -4.42. The van der Waals surface area contributed by atoms with Gasteiger partial charge in [-0.15, -0.1) is 0 Å². The maximum absolute atomic E-state index is 12.6. The summed E-state index contributed by atoms with van der Waals surface area (Å²) in [6, 6.07) is 9.70. The van der Waals surface area contributed by atoms with Gasteiger partial charge in [0.2, 0.25) is 0 Å². The van der Waals surface area contributed by atoms with Crippen molar-refractivity contribution in [3.05, 3.63) is 77.6 Å². The van der Waals surface area contributed by atoms with Crippen LogP contribution in [-0.2, 0) is 29.8 Å². The largest absolute Gasteiger partial charge is 0.416 e. The minimum Gasteiger partial charge on any atom is -0.348 e. The summed E-state index contributed by atoms with van der Waals surface area (Å²) in [5.74, 6) is -0.487. The van der Waals surface area contributed by atoms with Gasteiger partial charge >= 0.3 is 6.18 Å². The van der Waals surface area contributed by atoms with Crippen LogP contribution in [0.25, 0.3) is 0 Å². The molecule has 11 heteroatoms. The van der Waals surface area contributed by atoms with Crippen molar-refractivity contribution in [1.82, 2.24) is 15.1 Å². The normalized spacial score (nSPS) is 11.9. The number of nitrogens with one attached hydrogen (secondary N) is 2. The van der Waals surface area contributed by atoms with Gasteiger partial charge in [0.05, 0.1) is 22.3 Å². The fourth-order valence-electron chi connectivity index (χ4n) is 2.57. The molecular weight excluding hydrogens is 421 g/mol. The molecule has 0 radical (unpaired) electrons. The number of hydrogen-bond donors (Lipinski definition) is 2. The van der Waals surface area contributed by atoms with Crippen molar-refractivity contribution in [2.24, 2.45) is 7.05 Å². The van der Waals surface area contributed by atoms with Gasteiger partial charge in [-0.1, -0.05) is 12.1 Å². The SMILES string of the molecule is Cn1cc(NS(=O)(=O)c2ccc(C(=O)NCc3ccc(C(F)(F)F)cc3)cc2)cn1. The monoisotopic (exact) mass is 438 g/mol. The zero-order chi connectivity index (χ0) is 21.9. The molecule has 0 bridgehead atoms. The standard InChI is InChI=1S/C19H17F3N4O3S/c1-26-12-16(11-24-26)25-30(28,29)17-8-4-14(5-9-17)18(27)23-10-13-2-6-15(7-3-13)19(20,21)22/h2-9,11-12,25H,10H2,1H3,(H,23,27). The molecule has 0 saturated carbocycles. The van der Waals surface area contributed by atoms with E-state index in [2.05, 4.69) is 15.1 Å². The van der Waals surface area contributed by atoms with Crippen LogP contribution < -0.4 is 10.0 Å². The topological polar surface area (TPSA) is 93.1 Å². The highest BCUT2D eigenvalue weighted by Crippen LogP contribution is 2.29. The Morgan fingerprint density at radius 2 is 1.70 bits per heavy atom. The minimum absolute atomic E-state index is 0.0274. The molecule has 2 N–H and O–H groups in total. The van der Waals surface area contributed by atoms with Crippen molar-refractivity contribution in [2.75, 3.05) is 4.72 Å². The molecule has 2 aromatic carbocycles. The summed E-state index contributed by atoms with van der Waals surface area (Å²) in [4.78, 5) is 12.2. The lowest BCUT2D eigenvalue weighted by Crippen LogP contribution is -2.23. The number of rotatable bonds is 6. The van der Waals surface area contributed by atoms with Gasteiger partial charge < -0.3 is 5.32 Å². The molecule has 0 fully saturated rings. The predicted octanol–water partition coefficient (Wildman–Crippen LogP) is 3.17. The zero-order valence-electron chi connectivity index (χ0n) is 15.6. The van der Waals surface area contributed by atoms with E-state index in [1.165, 1.54) is 53.5 Å². The molecule has 0 saturated heterocycles. The van der Waals surface area contributed by atoms with Crippen molar-refractivity contribution in [3.8, 4) is 0 Å². The van der Waals surface area contributed by atoms with E-state index in [1.807, 2.05) is 0 Å². The van der Waals surface area contributed by atoms with Gasteiger partial charge in [0.1, 0.15) is 0 Å². The van der Waals surface area contributed by atoms with E-state index in [-0.39, 0.29) is 17.0 Å². The Hall–Kier alpha value is -3.34. The molecule has 1 amide bonds. The summed E-state index contributed by atoms with van der Waals surface area (Å²) in [5.41, 5.74) is 0.239. The second-order valence-corrected chi connectivity index (χ2v) is 8.09. The third-order valence-electron chi connectivity index (χ3n) is 4.12. The molecule has 0 spiro atoms. The lowest BCUT2D eigenvalue weighted by Gasteiger charge is -2.09. The predicted molar refractivity (Wildman–Crippen MR) is 103 cm³/mol. The highest BCUT2D eigenvalue weighted by molar-refractivity contribution is 7.92. The van der Waals surface area contributed by atoms with Crippen LogP contribution >= 0.6 is 0 Å². The number of amides is 1.